The fraction of sp³-hybridized carbons (Fsp3) is 0.417. The number of thiophene rings is 1. The summed E-state index contributed by atoms with van der Waals surface area (Å²) in [5.41, 5.74) is 0.949. The predicted molar refractivity (Wildman–Crippen MR) is 81.7 cm³/mol. The highest BCUT2D eigenvalue weighted by Gasteiger charge is 2.24. The number of aromatic nitrogens is 2. The molecule has 2 aromatic rings. The topological polar surface area (TPSA) is 87.6 Å². The minimum Gasteiger partial charge on any atom is -0.465 e. The second-order valence-electron chi connectivity index (χ2n) is 4.69. The lowest BCUT2D eigenvalue weighted by Gasteiger charge is -2.34. The van der Waals surface area contributed by atoms with Gasteiger partial charge in [-0.2, -0.15) is 4.98 Å². The predicted octanol–water partition coefficient (Wildman–Crippen LogP) is 2.66. The second kappa shape index (κ2) is 5.63. The fourth-order valence-corrected chi connectivity index (χ4v) is 3.42. The lowest BCUT2D eigenvalue weighted by atomic mass is 10.2. The molecule has 0 bridgehead atoms. The quantitative estimate of drug-likeness (QED) is 0.824. The molecular weight excluding hydrogens is 316 g/mol. The van der Waals surface area contributed by atoms with E-state index >= 15 is 0 Å². The highest BCUT2D eigenvalue weighted by atomic mass is 35.5. The Morgan fingerprint density at radius 1 is 1.62 bits per heavy atom. The van der Waals surface area contributed by atoms with E-state index < -0.39 is 6.09 Å². The molecule has 0 spiro atoms. The van der Waals surface area contributed by atoms with E-state index in [0.29, 0.717) is 31.0 Å². The van der Waals surface area contributed by atoms with Crippen molar-refractivity contribution in [1.29, 1.82) is 0 Å². The van der Waals surface area contributed by atoms with Crippen LogP contribution in [0.3, 0.4) is 0 Å². The Balaban J connectivity index is 2.10. The van der Waals surface area contributed by atoms with Crippen LogP contribution in [0.15, 0.2) is 5.38 Å². The van der Waals surface area contributed by atoms with Crippen molar-refractivity contribution in [1.82, 2.24) is 9.97 Å². The van der Waals surface area contributed by atoms with Crippen molar-refractivity contribution in [3.8, 4) is 0 Å². The van der Waals surface area contributed by atoms with Crippen LogP contribution in [0, 0.1) is 0 Å². The molecule has 0 aromatic carbocycles. The summed E-state index contributed by atoms with van der Waals surface area (Å²) >= 11 is 7.40. The first-order valence-corrected chi connectivity index (χ1v) is 7.61. The van der Waals surface area contributed by atoms with Gasteiger partial charge in [-0.15, -0.1) is 11.3 Å². The number of hydrogen-bond donors (Lipinski definition) is 2. The van der Waals surface area contributed by atoms with Gasteiger partial charge in [-0.1, -0.05) is 0 Å². The van der Waals surface area contributed by atoms with Crippen molar-refractivity contribution in [3.63, 3.8) is 0 Å². The summed E-state index contributed by atoms with van der Waals surface area (Å²) in [5.74, 6) is 0.726. The molecule has 9 heteroatoms. The first-order valence-electron chi connectivity index (χ1n) is 6.35. The largest absolute Gasteiger partial charge is 0.465 e. The van der Waals surface area contributed by atoms with Crippen LogP contribution in [-0.4, -0.2) is 47.0 Å². The molecular formula is C12H13ClN4O3S. The van der Waals surface area contributed by atoms with Crippen molar-refractivity contribution >= 4 is 50.8 Å². The molecule has 1 aliphatic heterocycles. The van der Waals surface area contributed by atoms with Crippen molar-refractivity contribution in [2.45, 2.75) is 13.0 Å². The number of nitrogens with zero attached hydrogens (tertiary/aromatic N) is 3. The second-order valence-corrected chi connectivity index (χ2v) is 5.91. The van der Waals surface area contributed by atoms with Crippen LogP contribution in [0.4, 0.5) is 16.3 Å². The van der Waals surface area contributed by atoms with E-state index in [1.54, 1.807) is 5.38 Å². The summed E-state index contributed by atoms with van der Waals surface area (Å²) in [7, 11) is 0. The van der Waals surface area contributed by atoms with Gasteiger partial charge in [0.25, 0.3) is 0 Å². The van der Waals surface area contributed by atoms with Crippen LogP contribution < -0.4 is 10.2 Å². The highest BCUT2D eigenvalue weighted by Crippen LogP contribution is 2.36. The molecule has 0 unspecified atom stereocenters. The minimum absolute atomic E-state index is 0.100. The number of ether oxygens (including phenoxy) is 1. The van der Waals surface area contributed by atoms with Gasteiger partial charge in [0, 0.05) is 11.9 Å². The van der Waals surface area contributed by atoms with Gasteiger partial charge in [-0.05, 0) is 18.5 Å². The molecule has 1 fully saturated rings. The van der Waals surface area contributed by atoms with Gasteiger partial charge in [0.05, 0.1) is 29.6 Å². The Kier molecular flexibility index (Phi) is 3.83. The van der Waals surface area contributed by atoms with Gasteiger partial charge in [0.15, 0.2) is 5.82 Å². The molecule has 1 atom stereocenters. The van der Waals surface area contributed by atoms with Crippen molar-refractivity contribution in [3.05, 3.63) is 10.7 Å². The summed E-state index contributed by atoms with van der Waals surface area (Å²) in [6.07, 6.45) is -1.13. The van der Waals surface area contributed by atoms with Gasteiger partial charge in [-0.3, -0.25) is 5.32 Å². The van der Waals surface area contributed by atoms with Crippen LogP contribution >= 0.6 is 22.9 Å². The molecule has 21 heavy (non-hydrogen) atoms. The molecule has 3 rings (SSSR count). The zero-order chi connectivity index (χ0) is 15.0. The molecule has 7 nitrogen and oxygen atoms in total. The molecule has 3 heterocycles. The maximum Gasteiger partial charge on any atom is 0.409 e. The van der Waals surface area contributed by atoms with Crippen molar-refractivity contribution in [2.75, 3.05) is 30.0 Å². The van der Waals surface area contributed by atoms with E-state index in [4.69, 9.17) is 21.4 Å². The number of hydrogen-bond acceptors (Lipinski definition) is 6. The first-order chi connectivity index (χ1) is 10.1. The molecule has 1 saturated heterocycles. The summed E-state index contributed by atoms with van der Waals surface area (Å²) in [4.78, 5) is 21.4. The third-order valence-electron chi connectivity index (χ3n) is 3.25. The van der Waals surface area contributed by atoms with Crippen LogP contribution in [0.5, 0.6) is 0 Å². The zero-order valence-corrected chi connectivity index (χ0v) is 12.7. The molecule has 0 aliphatic carbocycles. The SMILES string of the molecule is C[C@@H]1COCCN1c1nc(Cl)nc2c(NC(=O)O)csc12. The monoisotopic (exact) mass is 328 g/mol. The van der Waals surface area contributed by atoms with Gasteiger partial charge >= 0.3 is 6.09 Å². The lowest BCUT2D eigenvalue weighted by molar-refractivity contribution is 0.0987. The van der Waals surface area contributed by atoms with E-state index in [0.717, 1.165) is 10.5 Å². The van der Waals surface area contributed by atoms with E-state index in [1.165, 1.54) is 11.3 Å². The number of rotatable bonds is 2. The number of amides is 1. The van der Waals surface area contributed by atoms with Gasteiger partial charge in [0.2, 0.25) is 5.28 Å². The Morgan fingerprint density at radius 2 is 2.43 bits per heavy atom. The third kappa shape index (κ3) is 2.74. The molecule has 2 aromatic heterocycles. The average Bonchev–Trinajstić information content (AvgIpc) is 2.81. The fourth-order valence-electron chi connectivity index (χ4n) is 2.32. The van der Waals surface area contributed by atoms with Gasteiger partial charge < -0.3 is 14.7 Å². The normalized spacial score (nSPS) is 19.0. The van der Waals surface area contributed by atoms with E-state index in [2.05, 4.69) is 20.2 Å². The van der Waals surface area contributed by atoms with Crippen LogP contribution in [-0.2, 0) is 4.74 Å². The maximum atomic E-state index is 10.8. The molecule has 0 radical (unpaired) electrons. The van der Waals surface area contributed by atoms with Crippen LogP contribution in [0.2, 0.25) is 5.28 Å². The summed E-state index contributed by atoms with van der Waals surface area (Å²) in [5, 5.41) is 13.0. The minimum atomic E-state index is -1.13. The Bertz CT molecular complexity index is 692. The number of carboxylic acid groups (broad SMARTS) is 1. The summed E-state index contributed by atoms with van der Waals surface area (Å²) < 4.78 is 6.25. The maximum absolute atomic E-state index is 10.8. The summed E-state index contributed by atoms with van der Waals surface area (Å²) in [6, 6.07) is 0.172. The number of fused-ring (bicyclic) bond motifs is 1. The van der Waals surface area contributed by atoms with E-state index in [-0.39, 0.29) is 11.3 Å². The molecule has 112 valence electrons. The average molecular weight is 329 g/mol. The highest BCUT2D eigenvalue weighted by molar-refractivity contribution is 7.18. The van der Waals surface area contributed by atoms with Gasteiger partial charge in [0.1, 0.15) is 5.52 Å². The van der Waals surface area contributed by atoms with Gasteiger partial charge in [-0.25, -0.2) is 9.78 Å². The van der Waals surface area contributed by atoms with E-state index in [1.807, 2.05) is 6.92 Å². The Morgan fingerprint density at radius 3 is 3.14 bits per heavy atom. The lowest BCUT2D eigenvalue weighted by Crippen LogP contribution is -2.44. The number of morpholine rings is 1. The van der Waals surface area contributed by atoms with E-state index in [9.17, 15) is 4.79 Å². The zero-order valence-electron chi connectivity index (χ0n) is 11.2. The van der Waals surface area contributed by atoms with Crippen molar-refractivity contribution in [2.24, 2.45) is 0 Å². The molecule has 0 saturated carbocycles. The number of anilines is 2. The third-order valence-corrected chi connectivity index (χ3v) is 4.39. The summed E-state index contributed by atoms with van der Waals surface area (Å²) in [6.45, 7) is 4.00. The molecule has 1 amide bonds. The first kappa shape index (κ1) is 14.3. The standard InChI is InChI=1S/C12H13ClN4O3S/c1-6-4-20-3-2-17(6)10-9-8(15-11(13)16-10)7(5-21-9)14-12(18)19/h5-6,14H,2-4H2,1H3,(H,18,19)/t6-/m1/s1. The molecule has 2 N–H and O–H groups in total. The number of nitrogens with one attached hydrogen (secondary N) is 1. The van der Waals surface area contributed by atoms with Crippen LogP contribution in [0.1, 0.15) is 6.92 Å². The number of carbonyl (C=O) groups is 1. The Labute approximate surface area is 129 Å². The van der Waals surface area contributed by atoms with Crippen molar-refractivity contribution < 1.29 is 14.6 Å². The van der Waals surface area contributed by atoms with Crippen LogP contribution in [0.25, 0.3) is 10.2 Å². The number of halogens is 1. The molecule has 1 aliphatic rings. The smallest absolute Gasteiger partial charge is 0.409 e. The Hall–Kier alpha value is -1.64.